The number of nitrogens with zero attached hydrogens (tertiary/aromatic N) is 3. The highest BCUT2D eigenvalue weighted by molar-refractivity contribution is 6.30. The maximum absolute atomic E-state index is 13.1. The van der Waals surface area contributed by atoms with Crippen LogP contribution in [0.5, 0.6) is 0 Å². The molecule has 0 fully saturated rings. The monoisotopic (exact) mass is 532 g/mol. The zero-order chi connectivity index (χ0) is 27.1. The highest BCUT2D eigenvalue weighted by Gasteiger charge is 2.29. The Balaban J connectivity index is 1.13. The molecule has 1 aliphatic heterocycles. The van der Waals surface area contributed by atoms with Crippen LogP contribution in [0, 0.1) is 13.8 Å². The number of hydrazone groups is 1. The molecular formula is C32H25ClN4O2. The lowest BCUT2D eigenvalue weighted by Gasteiger charge is -2.18. The van der Waals surface area contributed by atoms with Gasteiger partial charge < -0.3 is 9.47 Å². The van der Waals surface area contributed by atoms with E-state index >= 15 is 0 Å². The second-order valence-electron chi connectivity index (χ2n) is 9.61. The van der Waals surface area contributed by atoms with Gasteiger partial charge in [-0.1, -0.05) is 48.0 Å². The van der Waals surface area contributed by atoms with Gasteiger partial charge in [0.15, 0.2) is 0 Å². The molecule has 0 radical (unpaired) electrons. The van der Waals surface area contributed by atoms with Crippen molar-refractivity contribution in [1.29, 1.82) is 0 Å². The largest absolute Gasteiger partial charge is 0.318 e. The molecule has 1 aliphatic rings. The van der Waals surface area contributed by atoms with Crippen LogP contribution in [0.2, 0.25) is 5.02 Å². The van der Waals surface area contributed by atoms with Crippen molar-refractivity contribution in [2.24, 2.45) is 5.10 Å². The maximum atomic E-state index is 13.1. The first kappa shape index (κ1) is 24.6. The molecule has 0 spiro atoms. The molecule has 2 heterocycles. The van der Waals surface area contributed by atoms with E-state index in [4.69, 9.17) is 11.6 Å². The standard InChI is InChI=1S/C32H25ClN4O2/c1-20-17-25(21(2)37(20)27-15-13-26(33)14-16-27)18-34-35-31(38)24-11-9-22(10-12-24)19-36-29-8-4-6-23-5-3-7-28(30(23)29)32(36)39/h3-18H,19H2,1-2H3,(H,35,38)/b34-18+. The van der Waals surface area contributed by atoms with E-state index in [1.165, 1.54) is 0 Å². The number of amides is 2. The van der Waals surface area contributed by atoms with Crippen molar-refractivity contribution in [3.63, 3.8) is 0 Å². The number of hydrogen-bond donors (Lipinski definition) is 1. The smallest absolute Gasteiger partial charge is 0.271 e. The van der Waals surface area contributed by atoms with E-state index in [0.717, 1.165) is 50.2 Å². The van der Waals surface area contributed by atoms with E-state index < -0.39 is 0 Å². The third kappa shape index (κ3) is 4.49. The second-order valence-corrected chi connectivity index (χ2v) is 10.0. The predicted octanol–water partition coefficient (Wildman–Crippen LogP) is 6.83. The van der Waals surface area contributed by atoms with Gasteiger partial charge in [-0.2, -0.15) is 5.10 Å². The number of hydrogen-bond acceptors (Lipinski definition) is 3. The van der Waals surface area contributed by atoms with Gasteiger partial charge in [0.25, 0.3) is 11.8 Å². The lowest BCUT2D eigenvalue weighted by Crippen LogP contribution is -2.26. The zero-order valence-electron chi connectivity index (χ0n) is 21.5. The average molecular weight is 533 g/mol. The Labute approximate surface area is 231 Å². The molecule has 39 heavy (non-hydrogen) atoms. The Hall–Kier alpha value is -4.68. The molecule has 0 unspecified atom stereocenters. The lowest BCUT2D eigenvalue weighted by atomic mass is 10.1. The molecule has 6 rings (SSSR count). The van der Waals surface area contributed by atoms with Crippen LogP contribution in [-0.4, -0.2) is 22.6 Å². The van der Waals surface area contributed by atoms with Crippen molar-refractivity contribution in [3.8, 4) is 5.69 Å². The molecule has 192 valence electrons. The Bertz CT molecular complexity index is 1760. The number of carbonyl (C=O) groups excluding carboxylic acids is 2. The van der Waals surface area contributed by atoms with Gasteiger partial charge in [-0.3, -0.25) is 9.59 Å². The van der Waals surface area contributed by atoms with Crippen LogP contribution >= 0.6 is 11.6 Å². The van der Waals surface area contributed by atoms with E-state index in [1.54, 1.807) is 23.2 Å². The molecule has 0 atom stereocenters. The summed E-state index contributed by atoms with van der Waals surface area (Å²) in [5.41, 5.74) is 9.65. The first-order valence-electron chi connectivity index (χ1n) is 12.6. The van der Waals surface area contributed by atoms with Gasteiger partial charge in [0.05, 0.1) is 18.4 Å². The minimum Gasteiger partial charge on any atom is -0.318 e. The molecule has 4 aromatic carbocycles. The van der Waals surface area contributed by atoms with E-state index in [1.807, 2.05) is 92.7 Å². The SMILES string of the molecule is Cc1cc(/C=N/NC(=O)c2ccc(CN3C(=O)c4cccc5cccc3c45)cc2)c(C)n1-c1ccc(Cl)cc1. The van der Waals surface area contributed by atoms with Gasteiger partial charge in [0.2, 0.25) is 0 Å². The van der Waals surface area contributed by atoms with Crippen molar-refractivity contribution in [3.05, 3.63) is 130 Å². The van der Waals surface area contributed by atoms with Crippen LogP contribution < -0.4 is 10.3 Å². The molecule has 0 saturated carbocycles. The van der Waals surface area contributed by atoms with Crippen LogP contribution in [0.4, 0.5) is 5.69 Å². The van der Waals surface area contributed by atoms with Gasteiger partial charge in [0, 0.05) is 44.2 Å². The number of aromatic nitrogens is 1. The third-order valence-electron chi connectivity index (χ3n) is 7.13. The molecule has 6 nitrogen and oxygen atoms in total. The molecule has 0 bridgehead atoms. The summed E-state index contributed by atoms with van der Waals surface area (Å²) in [7, 11) is 0. The summed E-state index contributed by atoms with van der Waals surface area (Å²) < 4.78 is 2.11. The first-order chi connectivity index (χ1) is 18.9. The molecular weight excluding hydrogens is 508 g/mol. The zero-order valence-corrected chi connectivity index (χ0v) is 22.2. The number of rotatable bonds is 6. The van der Waals surface area contributed by atoms with Crippen LogP contribution in [0.15, 0.2) is 96.1 Å². The Morgan fingerprint density at radius 3 is 2.41 bits per heavy atom. The summed E-state index contributed by atoms with van der Waals surface area (Å²) in [6.07, 6.45) is 1.65. The van der Waals surface area contributed by atoms with Crippen LogP contribution in [0.1, 0.15) is 43.2 Å². The summed E-state index contributed by atoms with van der Waals surface area (Å²) in [6, 6.07) is 28.7. The molecule has 2 amide bonds. The summed E-state index contributed by atoms with van der Waals surface area (Å²) in [5, 5.41) is 6.93. The van der Waals surface area contributed by atoms with Crippen molar-refractivity contribution in [2.45, 2.75) is 20.4 Å². The van der Waals surface area contributed by atoms with Crippen LogP contribution in [0.25, 0.3) is 16.5 Å². The number of nitrogens with one attached hydrogen (secondary N) is 1. The lowest BCUT2D eigenvalue weighted by molar-refractivity contribution is 0.0953. The van der Waals surface area contributed by atoms with Gasteiger partial charge in [-0.05, 0) is 79.4 Å². The molecule has 1 aromatic heterocycles. The number of halogens is 1. The first-order valence-corrected chi connectivity index (χ1v) is 13.0. The number of anilines is 1. The maximum Gasteiger partial charge on any atom is 0.271 e. The Morgan fingerprint density at radius 2 is 1.67 bits per heavy atom. The second kappa shape index (κ2) is 9.89. The fourth-order valence-electron chi connectivity index (χ4n) is 5.21. The number of benzene rings is 4. The molecule has 1 N–H and O–H groups in total. The molecule has 0 saturated heterocycles. The average Bonchev–Trinajstić information content (AvgIpc) is 3.38. The highest BCUT2D eigenvalue weighted by Crippen LogP contribution is 2.38. The van der Waals surface area contributed by atoms with E-state index in [2.05, 4.69) is 15.1 Å². The van der Waals surface area contributed by atoms with Gasteiger partial charge >= 0.3 is 0 Å². The van der Waals surface area contributed by atoms with Crippen molar-refractivity contribution < 1.29 is 9.59 Å². The minimum atomic E-state index is -0.307. The van der Waals surface area contributed by atoms with Crippen molar-refractivity contribution in [2.75, 3.05) is 4.90 Å². The minimum absolute atomic E-state index is 0.00613. The van der Waals surface area contributed by atoms with Crippen molar-refractivity contribution >= 4 is 46.1 Å². The summed E-state index contributed by atoms with van der Waals surface area (Å²) in [6.45, 7) is 4.46. The van der Waals surface area contributed by atoms with E-state index in [9.17, 15) is 9.59 Å². The Morgan fingerprint density at radius 1 is 0.949 bits per heavy atom. The normalized spacial score (nSPS) is 12.6. The number of aryl methyl sites for hydroxylation is 1. The van der Waals surface area contributed by atoms with E-state index in [-0.39, 0.29) is 11.8 Å². The van der Waals surface area contributed by atoms with Crippen LogP contribution in [0.3, 0.4) is 0 Å². The van der Waals surface area contributed by atoms with Crippen LogP contribution in [-0.2, 0) is 6.54 Å². The highest BCUT2D eigenvalue weighted by atomic mass is 35.5. The molecule has 5 aromatic rings. The van der Waals surface area contributed by atoms with E-state index in [0.29, 0.717) is 17.1 Å². The van der Waals surface area contributed by atoms with Crippen molar-refractivity contribution in [1.82, 2.24) is 9.99 Å². The fraction of sp³-hybridized carbons (Fsp3) is 0.0938. The predicted molar refractivity (Wildman–Crippen MR) is 156 cm³/mol. The van der Waals surface area contributed by atoms with Gasteiger partial charge in [0.1, 0.15) is 0 Å². The third-order valence-corrected chi connectivity index (χ3v) is 7.38. The molecule has 0 aliphatic carbocycles. The topological polar surface area (TPSA) is 66.7 Å². The summed E-state index contributed by atoms with van der Waals surface area (Å²) in [5.74, 6) is -0.313. The quantitative estimate of drug-likeness (QED) is 0.192. The summed E-state index contributed by atoms with van der Waals surface area (Å²) >= 11 is 6.03. The van der Waals surface area contributed by atoms with Gasteiger partial charge in [-0.25, -0.2) is 5.43 Å². The molecule has 7 heteroatoms. The summed E-state index contributed by atoms with van der Waals surface area (Å²) in [4.78, 5) is 27.6. The number of carbonyl (C=O) groups is 2. The fourth-order valence-corrected chi connectivity index (χ4v) is 5.34. The Kier molecular flexibility index (Phi) is 6.25. The van der Waals surface area contributed by atoms with Gasteiger partial charge in [-0.15, -0.1) is 0 Å².